The summed E-state index contributed by atoms with van der Waals surface area (Å²) in [4.78, 5) is 15.2. The molecule has 1 fully saturated rings. The third kappa shape index (κ3) is 2.70. The van der Waals surface area contributed by atoms with Crippen LogP contribution in [0, 0.1) is 5.41 Å². The van der Waals surface area contributed by atoms with Crippen molar-refractivity contribution >= 4 is 17.2 Å². The SMILES string of the molecule is CC1(C(=O)NCc2cc3c(s2)CCC3)CCCNC1. The Morgan fingerprint density at radius 3 is 3.11 bits per heavy atom. The van der Waals surface area contributed by atoms with Crippen molar-refractivity contribution in [1.82, 2.24) is 10.6 Å². The van der Waals surface area contributed by atoms with Crippen molar-refractivity contribution in [3.05, 3.63) is 21.4 Å². The zero-order valence-electron chi connectivity index (χ0n) is 11.6. The lowest BCUT2D eigenvalue weighted by Gasteiger charge is -2.32. The van der Waals surface area contributed by atoms with E-state index in [-0.39, 0.29) is 11.3 Å². The van der Waals surface area contributed by atoms with Gasteiger partial charge in [-0.05, 0) is 57.2 Å². The third-order valence-electron chi connectivity index (χ3n) is 4.37. The van der Waals surface area contributed by atoms with Crippen molar-refractivity contribution < 1.29 is 4.79 Å². The second kappa shape index (κ2) is 5.25. The van der Waals surface area contributed by atoms with E-state index in [0.717, 1.165) is 25.9 Å². The van der Waals surface area contributed by atoms with Crippen LogP contribution in [0.25, 0.3) is 0 Å². The van der Waals surface area contributed by atoms with Crippen LogP contribution in [-0.2, 0) is 24.2 Å². The van der Waals surface area contributed by atoms with Crippen molar-refractivity contribution in [3.63, 3.8) is 0 Å². The summed E-state index contributed by atoms with van der Waals surface area (Å²) in [6, 6.07) is 2.29. The molecule has 1 atom stereocenters. The molecule has 0 bridgehead atoms. The molecule has 3 rings (SSSR count). The van der Waals surface area contributed by atoms with E-state index in [0.29, 0.717) is 6.54 Å². The van der Waals surface area contributed by atoms with Gasteiger partial charge in [0.2, 0.25) is 5.91 Å². The lowest BCUT2D eigenvalue weighted by molar-refractivity contribution is -0.131. The van der Waals surface area contributed by atoms with Gasteiger partial charge in [-0.15, -0.1) is 11.3 Å². The molecule has 2 heterocycles. The van der Waals surface area contributed by atoms with E-state index in [1.165, 1.54) is 34.6 Å². The Labute approximate surface area is 118 Å². The average Bonchev–Trinajstić information content (AvgIpc) is 2.97. The molecule has 1 saturated heterocycles. The predicted octanol–water partition coefficient (Wildman–Crippen LogP) is 2.24. The Hall–Kier alpha value is -0.870. The number of hydrogen-bond donors (Lipinski definition) is 2. The first-order valence-electron chi connectivity index (χ1n) is 7.27. The van der Waals surface area contributed by atoms with Gasteiger partial charge in [-0.1, -0.05) is 0 Å². The van der Waals surface area contributed by atoms with Crippen LogP contribution >= 0.6 is 11.3 Å². The monoisotopic (exact) mass is 278 g/mol. The summed E-state index contributed by atoms with van der Waals surface area (Å²) in [5.41, 5.74) is 1.29. The molecule has 2 N–H and O–H groups in total. The van der Waals surface area contributed by atoms with Crippen molar-refractivity contribution in [2.24, 2.45) is 5.41 Å². The molecule has 19 heavy (non-hydrogen) atoms. The van der Waals surface area contributed by atoms with E-state index in [2.05, 4.69) is 23.6 Å². The maximum Gasteiger partial charge on any atom is 0.227 e. The molecule has 0 aromatic carbocycles. The maximum absolute atomic E-state index is 12.3. The summed E-state index contributed by atoms with van der Waals surface area (Å²) in [6.45, 7) is 4.62. The topological polar surface area (TPSA) is 41.1 Å². The van der Waals surface area contributed by atoms with E-state index in [1.807, 2.05) is 11.3 Å². The number of hydrogen-bond acceptors (Lipinski definition) is 3. The molecule has 3 nitrogen and oxygen atoms in total. The van der Waals surface area contributed by atoms with E-state index in [1.54, 1.807) is 0 Å². The second-order valence-electron chi connectivity index (χ2n) is 6.04. The molecule has 4 heteroatoms. The smallest absolute Gasteiger partial charge is 0.227 e. The van der Waals surface area contributed by atoms with Crippen LogP contribution in [0.15, 0.2) is 6.07 Å². The summed E-state index contributed by atoms with van der Waals surface area (Å²) >= 11 is 1.88. The van der Waals surface area contributed by atoms with Gasteiger partial charge in [0.15, 0.2) is 0 Å². The largest absolute Gasteiger partial charge is 0.351 e. The standard InChI is InChI=1S/C15H22N2OS/c1-15(6-3-7-16-10-15)14(18)17-9-12-8-11-4-2-5-13(11)19-12/h8,16H,2-7,9-10H2,1H3,(H,17,18). The van der Waals surface area contributed by atoms with Crippen LogP contribution in [0.4, 0.5) is 0 Å². The predicted molar refractivity (Wildman–Crippen MR) is 78.4 cm³/mol. The lowest BCUT2D eigenvalue weighted by atomic mass is 9.82. The second-order valence-corrected chi connectivity index (χ2v) is 7.26. The first-order chi connectivity index (χ1) is 9.17. The highest BCUT2D eigenvalue weighted by molar-refractivity contribution is 7.12. The minimum absolute atomic E-state index is 0.202. The Morgan fingerprint density at radius 2 is 2.37 bits per heavy atom. The minimum Gasteiger partial charge on any atom is -0.351 e. The molecule has 0 radical (unpaired) electrons. The number of aryl methyl sites for hydroxylation is 2. The molecule has 1 aliphatic carbocycles. The van der Waals surface area contributed by atoms with Crippen LogP contribution < -0.4 is 10.6 Å². The third-order valence-corrected chi connectivity index (χ3v) is 5.60. The molecule has 0 spiro atoms. The molecule has 104 valence electrons. The molecule has 0 saturated carbocycles. The van der Waals surface area contributed by atoms with Crippen molar-refractivity contribution in [2.45, 2.75) is 45.6 Å². The number of thiophene rings is 1. The lowest BCUT2D eigenvalue weighted by Crippen LogP contribution is -2.48. The zero-order chi connectivity index (χ0) is 13.3. The average molecular weight is 278 g/mol. The number of carbonyl (C=O) groups is 1. The summed E-state index contributed by atoms with van der Waals surface area (Å²) in [6.07, 6.45) is 5.85. The molecular weight excluding hydrogens is 256 g/mol. The van der Waals surface area contributed by atoms with Crippen LogP contribution in [-0.4, -0.2) is 19.0 Å². The van der Waals surface area contributed by atoms with Gasteiger partial charge in [0, 0.05) is 16.3 Å². The summed E-state index contributed by atoms with van der Waals surface area (Å²) in [7, 11) is 0. The number of fused-ring (bicyclic) bond motifs is 1. The van der Waals surface area contributed by atoms with Gasteiger partial charge in [0.1, 0.15) is 0 Å². The van der Waals surface area contributed by atoms with Crippen molar-refractivity contribution in [2.75, 3.05) is 13.1 Å². The van der Waals surface area contributed by atoms with Gasteiger partial charge in [-0.25, -0.2) is 0 Å². The number of rotatable bonds is 3. The van der Waals surface area contributed by atoms with E-state index >= 15 is 0 Å². The summed E-state index contributed by atoms with van der Waals surface area (Å²) in [5.74, 6) is 0.202. The fourth-order valence-electron chi connectivity index (χ4n) is 3.11. The van der Waals surface area contributed by atoms with Crippen LogP contribution in [0.3, 0.4) is 0 Å². The Kier molecular flexibility index (Phi) is 3.63. The maximum atomic E-state index is 12.3. The number of nitrogens with one attached hydrogen (secondary N) is 2. The molecular formula is C15H22N2OS. The van der Waals surface area contributed by atoms with Crippen LogP contribution in [0.2, 0.25) is 0 Å². The first-order valence-corrected chi connectivity index (χ1v) is 8.08. The van der Waals surface area contributed by atoms with Gasteiger partial charge < -0.3 is 10.6 Å². The fraction of sp³-hybridized carbons (Fsp3) is 0.667. The van der Waals surface area contributed by atoms with E-state index in [9.17, 15) is 4.79 Å². The van der Waals surface area contributed by atoms with Crippen molar-refractivity contribution in [3.8, 4) is 0 Å². The molecule has 1 aromatic heterocycles. The quantitative estimate of drug-likeness (QED) is 0.890. The van der Waals surface area contributed by atoms with Crippen molar-refractivity contribution in [1.29, 1.82) is 0 Å². The van der Waals surface area contributed by atoms with Crippen LogP contribution in [0.5, 0.6) is 0 Å². The van der Waals surface area contributed by atoms with Gasteiger partial charge in [0.05, 0.1) is 12.0 Å². The fourth-order valence-corrected chi connectivity index (χ4v) is 4.31. The minimum atomic E-state index is -0.224. The van der Waals surface area contributed by atoms with Gasteiger partial charge in [0.25, 0.3) is 0 Å². The van der Waals surface area contributed by atoms with E-state index in [4.69, 9.17) is 0 Å². The summed E-state index contributed by atoms with van der Waals surface area (Å²) < 4.78 is 0. The zero-order valence-corrected chi connectivity index (χ0v) is 12.4. The first kappa shape index (κ1) is 13.1. The Morgan fingerprint density at radius 1 is 1.47 bits per heavy atom. The van der Waals surface area contributed by atoms with E-state index < -0.39 is 0 Å². The number of piperidine rings is 1. The highest BCUT2D eigenvalue weighted by atomic mass is 32.1. The molecule has 1 aromatic rings. The van der Waals surface area contributed by atoms with Gasteiger partial charge in [-0.3, -0.25) is 4.79 Å². The Balaban J connectivity index is 1.57. The molecule has 1 amide bonds. The highest BCUT2D eigenvalue weighted by Crippen LogP contribution is 2.31. The number of carbonyl (C=O) groups excluding carboxylic acids is 1. The van der Waals surface area contributed by atoms with Gasteiger partial charge >= 0.3 is 0 Å². The highest BCUT2D eigenvalue weighted by Gasteiger charge is 2.34. The van der Waals surface area contributed by atoms with Gasteiger partial charge in [-0.2, -0.15) is 0 Å². The van der Waals surface area contributed by atoms with Crippen LogP contribution in [0.1, 0.15) is 41.5 Å². The number of amides is 1. The summed E-state index contributed by atoms with van der Waals surface area (Å²) in [5, 5.41) is 6.46. The Bertz CT molecular complexity index is 453. The normalized spacial score (nSPS) is 26.2. The molecule has 1 unspecified atom stereocenters. The molecule has 2 aliphatic rings. The molecule has 1 aliphatic heterocycles.